The lowest BCUT2D eigenvalue weighted by Crippen LogP contribution is -2.48. The summed E-state index contributed by atoms with van der Waals surface area (Å²) < 4.78 is 35.0. The van der Waals surface area contributed by atoms with Gasteiger partial charge in [-0.3, -0.25) is 4.79 Å². The summed E-state index contributed by atoms with van der Waals surface area (Å²) in [5.41, 5.74) is 2.09. The first kappa shape index (κ1) is 32.5. The SMILES string of the molecule is COC(=O)[C@H](C(C)C)N(Cc1ccc(-c2cc(CC(C)C)sc2S(=O)(=O)NC(C)(C)C)cc1)C(=O)c1ccccc1. The number of rotatable bonds is 11. The standard InChI is InChI=1S/C32H42N2O5S2/c1-21(2)18-26-19-27(31(40-26)41(37,38)33-32(5,6)7)24-16-14-23(15-17-24)20-34(28(22(3)4)30(36)39-8)29(35)25-12-10-9-11-13-25/h9-17,19,21-22,28,33H,18,20H2,1-8H3/t28-/m0/s1. The number of methoxy groups -OCH3 is 1. The monoisotopic (exact) mass is 598 g/mol. The highest BCUT2D eigenvalue weighted by Gasteiger charge is 2.34. The summed E-state index contributed by atoms with van der Waals surface area (Å²) in [7, 11) is -2.43. The van der Waals surface area contributed by atoms with E-state index in [4.69, 9.17) is 4.74 Å². The van der Waals surface area contributed by atoms with Gasteiger partial charge in [0.15, 0.2) is 0 Å². The van der Waals surface area contributed by atoms with E-state index in [1.54, 1.807) is 29.2 Å². The number of ether oxygens (including phenoxy) is 1. The molecule has 222 valence electrons. The molecule has 0 aliphatic heterocycles. The zero-order chi connectivity index (χ0) is 30.5. The van der Waals surface area contributed by atoms with E-state index in [-0.39, 0.29) is 18.4 Å². The molecule has 7 nitrogen and oxygen atoms in total. The molecule has 0 saturated heterocycles. The van der Waals surface area contributed by atoms with Crippen molar-refractivity contribution in [3.63, 3.8) is 0 Å². The number of hydrogen-bond acceptors (Lipinski definition) is 6. The van der Waals surface area contributed by atoms with Gasteiger partial charge in [0.1, 0.15) is 10.3 Å². The fourth-order valence-corrected chi connectivity index (χ4v) is 8.05. The molecule has 0 radical (unpaired) electrons. The number of hydrogen-bond donors (Lipinski definition) is 1. The Hall–Kier alpha value is -3.01. The van der Waals surface area contributed by atoms with Crippen molar-refractivity contribution < 1.29 is 22.7 Å². The van der Waals surface area contributed by atoms with Crippen molar-refractivity contribution in [1.82, 2.24) is 9.62 Å². The molecule has 0 spiro atoms. The van der Waals surface area contributed by atoms with Crippen molar-refractivity contribution in [2.75, 3.05) is 7.11 Å². The Morgan fingerprint density at radius 3 is 2.10 bits per heavy atom. The fraction of sp³-hybridized carbons (Fsp3) is 0.438. The lowest BCUT2D eigenvalue weighted by atomic mass is 9.99. The second-order valence-corrected chi connectivity index (χ2v) is 15.1. The van der Waals surface area contributed by atoms with Crippen LogP contribution in [0.1, 0.15) is 69.3 Å². The van der Waals surface area contributed by atoms with Crippen LogP contribution in [0.15, 0.2) is 64.9 Å². The van der Waals surface area contributed by atoms with E-state index < -0.39 is 27.6 Å². The van der Waals surface area contributed by atoms with Crippen LogP contribution in [0.25, 0.3) is 11.1 Å². The Morgan fingerprint density at radius 2 is 1.59 bits per heavy atom. The molecule has 0 bridgehead atoms. The van der Waals surface area contributed by atoms with Crippen molar-refractivity contribution in [1.29, 1.82) is 0 Å². The van der Waals surface area contributed by atoms with Gasteiger partial charge >= 0.3 is 5.97 Å². The second kappa shape index (κ2) is 13.3. The lowest BCUT2D eigenvalue weighted by Gasteiger charge is -2.32. The molecule has 1 N–H and O–H groups in total. The van der Waals surface area contributed by atoms with Crippen LogP contribution >= 0.6 is 11.3 Å². The van der Waals surface area contributed by atoms with Crippen LogP contribution in [-0.4, -0.2) is 43.9 Å². The Balaban J connectivity index is 2.02. The molecular formula is C32H42N2O5S2. The van der Waals surface area contributed by atoms with Crippen molar-refractivity contribution in [3.8, 4) is 11.1 Å². The van der Waals surface area contributed by atoms with Gasteiger partial charge in [-0.1, -0.05) is 70.2 Å². The number of benzene rings is 2. The minimum absolute atomic E-state index is 0.178. The summed E-state index contributed by atoms with van der Waals surface area (Å²) >= 11 is 1.30. The predicted octanol–water partition coefficient (Wildman–Crippen LogP) is 6.53. The van der Waals surface area contributed by atoms with Crippen LogP contribution in [0.5, 0.6) is 0 Å². The number of nitrogens with zero attached hydrogens (tertiary/aromatic N) is 1. The molecule has 2 aromatic carbocycles. The summed E-state index contributed by atoms with van der Waals surface area (Å²) in [5, 5.41) is 0. The smallest absolute Gasteiger partial charge is 0.328 e. The highest BCUT2D eigenvalue weighted by molar-refractivity contribution is 7.91. The average Bonchev–Trinajstić information content (AvgIpc) is 3.31. The molecule has 1 heterocycles. The van der Waals surface area contributed by atoms with Gasteiger partial charge in [0.2, 0.25) is 0 Å². The highest BCUT2D eigenvalue weighted by atomic mass is 32.2. The quantitative estimate of drug-likeness (QED) is 0.253. The predicted molar refractivity (Wildman–Crippen MR) is 165 cm³/mol. The maximum absolute atomic E-state index is 13.6. The topological polar surface area (TPSA) is 92.8 Å². The minimum atomic E-state index is -3.75. The van der Waals surface area contributed by atoms with E-state index in [9.17, 15) is 18.0 Å². The van der Waals surface area contributed by atoms with Gasteiger partial charge in [-0.2, -0.15) is 0 Å². The van der Waals surface area contributed by atoms with Crippen LogP contribution in [-0.2, 0) is 32.5 Å². The fourth-order valence-electron chi connectivity index (χ4n) is 4.69. The van der Waals surface area contributed by atoms with Gasteiger partial charge < -0.3 is 9.64 Å². The normalized spacial score (nSPS) is 12.9. The van der Waals surface area contributed by atoms with Crippen molar-refractivity contribution >= 4 is 33.2 Å². The molecule has 9 heteroatoms. The number of amides is 1. The van der Waals surface area contributed by atoms with E-state index in [1.165, 1.54) is 18.4 Å². The van der Waals surface area contributed by atoms with Crippen LogP contribution in [0.4, 0.5) is 0 Å². The summed E-state index contributed by atoms with van der Waals surface area (Å²) in [5.74, 6) is -0.538. The molecule has 0 aliphatic rings. The Labute approximate surface area is 249 Å². The Morgan fingerprint density at radius 1 is 0.976 bits per heavy atom. The molecule has 1 atom stereocenters. The van der Waals surface area contributed by atoms with Gasteiger partial charge in [-0.25, -0.2) is 17.9 Å². The van der Waals surface area contributed by atoms with Crippen LogP contribution in [0.3, 0.4) is 0 Å². The number of thiophene rings is 1. The first-order valence-electron chi connectivity index (χ1n) is 13.8. The third kappa shape index (κ3) is 8.50. The molecule has 0 unspecified atom stereocenters. The number of nitrogens with one attached hydrogen (secondary N) is 1. The number of sulfonamides is 1. The molecule has 1 aromatic heterocycles. The Kier molecular flexibility index (Phi) is 10.6. The minimum Gasteiger partial charge on any atom is -0.467 e. The van der Waals surface area contributed by atoms with E-state index in [2.05, 4.69) is 18.6 Å². The molecule has 0 fully saturated rings. The van der Waals surface area contributed by atoms with Crippen LogP contribution in [0, 0.1) is 11.8 Å². The van der Waals surface area contributed by atoms with Crippen molar-refractivity contribution in [2.45, 2.75) is 77.2 Å². The maximum Gasteiger partial charge on any atom is 0.328 e. The van der Waals surface area contributed by atoms with E-state index in [0.29, 0.717) is 21.3 Å². The average molecular weight is 599 g/mol. The number of carbonyl (C=O) groups excluding carboxylic acids is 2. The molecule has 0 aliphatic carbocycles. The van der Waals surface area contributed by atoms with Crippen LogP contribution in [0.2, 0.25) is 0 Å². The van der Waals surface area contributed by atoms with E-state index >= 15 is 0 Å². The third-order valence-corrected chi connectivity index (χ3v) is 9.80. The van der Waals surface area contributed by atoms with E-state index in [0.717, 1.165) is 22.4 Å². The zero-order valence-electron chi connectivity index (χ0n) is 25.2. The summed E-state index contributed by atoms with van der Waals surface area (Å²) in [6, 6.07) is 17.6. The van der Waals surface area contributed by atoms with Crippen LogP contribution < -0.4 is 4.72 Å². The molecule has 41 heavy (non-hydrogen) atoms. The van der Waals surface area contributed by atoms with Gasteiger partial charge in [0.25, 0.3) is 15.9 Å². The van der Waals surface area contributed by atoms with Gasteiger partial charge in [0, 0.05) is 28.1 Å². The molecule has 3 aromatic rings. The number of carbonyl (C=O) groups is 2. The second-order valence-electron chi connectivity index (χ2n) is 12.1. The van der Waals surface area contributed by atoms with Gasteiger partial charge in [-0.05, 0) is 68.4 Å². The summed E-state index contributed by atoms with van der Waals surface area (Å²) in [6.45, 7) is 13.6. The van der Waals surface area contributed by atoms with Crippen molar-refractivity contribution in [2.24, 2.45) is 11.8 Å². The molecule has 3 rings (SSSR count). The molecular weight excluding hydrogens is 556 g/mol. The maximum atomic E-state index is 13.6. The zero-order valence-corrected chi connectivity index (χ0v) is 26.9. The first-order chi connectivity index (χ1) is 19.1. The van der Waals surface area contributed by atoms with Gasteiger partial charge in [0.05, 0.1) is 7.11 Å². The molecule has 0 saturated carbocycles. The highest BCUT2D eigenvalue weighted by Crippen LogP contribution is 2.37. The summed E-state index contributed by atoms with van der Waals surface area (Å²) in [6.07, 6.45) is 0.779. The third-order valence-electron chi connectivity index (χ3n) is 6.35. The summed E-state index contributed by atoms with van der Waals surface area (Å²) in [4.78, 5) is 29.0. The lowest BCUT2D eigenvalue weighted by molar-refractivity contribution is -0.147. The van der Waals surface area contributed by atoms with Crippen molar-refractivity contribution in [3.05, 3.63) is 76.7 Å². The largest absolute Gasteiger partial charge is 0.467 e. The van der Waals surface area contributed by atoms with Gasteiger partial charge in [-0.15, -0.1) is 11.3 Å². The van der Waals surface area contributed by atoms with E-state index in [1.807, 2.05) is 71.0 Å². The Bertz CT molecular complexity index is 1440. The molecule has 1 amide bonds. The first-order valence-corrected chi connectivity index (χ1v) is 16.1. The number of esters is 1.